The van der Waals surface area contributed by atoms with Gasteiger partial charge >= 0.3 is 0 Å². The summed E-state index contributed by atoms with van der Waals surface area (Å²) < 4.78 is 20.2. The summed E-state index contributed by atoms with van der Waals surface area (Å²) in [5.41, 5.74) is 1.42. The molecule has 1 fully saturated rings. The monoisotopic (exact) mass is 388 g/mol. The van der Waals surface area contributed by atoms with Crippen molar-refractivity contribution in [3.8, 4) is 0 Å². The van der Waals surface area contributed by atoms with Crippen molar-refractivity contribution in [3.05, 3.63) is 69.2 Å². The van der Waals surface area contributed by atoms with E-state index in [1.54, 1.807) is 0 Å². The van der Waals surface area contributed by atoms with E-state index in [0.29, 0.717) is 23.4 Å². The quantitative estimate of drug-likeness (QED) is 0.636. The van der Waals surface area contributed by atoms with Crippen molar-refractivity contribution in [2.45, 2.75) is 32.4 Å². The van der Waals surface area contributed by atoms with Crippen LogP contribution < -0.4 is 5.56 Å². The van der Waals surface area contributed by atoms with E-state index in [0.717, 1.165) is 43.9 Å². The summed E-state index contributed by atoms with van der Waals surface area (Å²) in [4.78, 5) is 14.8. The molecule has 0 saturated carbocycles. The first kappa shape index (κ1) is 18.3. The molecule has 1 saturated heterocycles. The fourth-order valence-corrected chi connectivity index (χ4v) is 3.90. The molecule has 1 aliphatic heterocycles. The minimum absolute atomic E-state index is 0.176. The van der Waals surface area contributed by atoms with Crippen LogP contribution in [0.1, 0.15) is 24.8 Å². The zero-order valence-electron chi connectivity index (χ0n) is 15.0. The van der Waals surface area contributed by atoms with Crippen LogP contribution >= 0.6 is 11.6 Å². The van der Waals surface area contributed by atoms with E-state index >= 15 is 0 Å². The van der Waals surface area contributed by atoms with E-state index in [1.807, 2.05) is 12.1 Å². The number of rotatable bonds is 5. The molecule has 0 aliphatic carbocycles. The summed E-state index contributed by atoms with van der Waals surface area (Å²) in [6.45, 7) is 3.58. The van der Waals surface area contributed by atoms with E-state index in [9.17, 15) is 9.18 Å². The molecule has 0 amide bonds. The Balaban J connectivity index is 1.30. The van der Waals surface area contributed by atoms with Crippen molar-refractivity contribution in [3.63, 3.8) is 0 Å². The van der Waals surface area contributed by atoms with Gasteiger partial charge in [0.15, 0.2) is 5.58 Å². The lowest BCUT2D eigenvalue weighted by Crippen LogP contribution is -2.33. The van der Waals surface area contributed by atoms with E-state index in [-0.39, 0.29) is 5.56 Å². The average Bonchev–Trinajstić information content (AvgIpc) is 2.98. The number of hydrogen-bond donors (Lipinski definition) is 0. The second-order valence-electron chi connectivity index (χ2n) is 7.27. The van der Waals surface area contributed by atoms with Gasteiger partial charge in [0.1, 0.15) is 5.82 Å². The minimum atomic E-state index is -0.392. The fourth-order valence-electron chi connectivity index (χ4n) is 3.77. The highest BCUT2D eigenvalue weighted by Crippen LogP contribution is 2.23. The molecule has 0 atom stereocenters. The lowest BCUT2D eigenvalue weighted by atomic mass is 9.93. The van der Waals surface area contributed by atoms with Crippen molar-refractivity contribution >= 4 is 22.6 Å². The van der Waals surface area contributed by atoms with Crippen LogP contribution in [0.2, 0.25) is 5.02 Å². The zero-order chi connectivity index (χ0) is 18.8. The van der Waals surface area contributed by atoms with Gasteiger partial charge in [-0.15, -0.1) is 0 Å². The molecule has 4 nitrogen and oxygen atoms in total. The van der Waals surface area contributed by atoms with Gasteiger partial charge in [-0.1, -0.05) is 23.7 Å². The van der Waals surface area contributed by atoms with Gasteiger partial charge in [-0.3, -0.25) is 9.69 Å². The van der Waals surface area contributed by atoms with Gasteiger partial charge in [0.25, 0.3) is 5.56 Å². The number of halogens is 2. The molecule has 1 aliphatic rings. The van der Waals surface area contributed by atoms with E-state index in [4.69, 9.17) is 16.1 Å². The first-order chi connectivity index (χ1) is 13.1. The number of fused-ring (bicyclic) bond motifs is 1. The molecule has 0 N–H and O–H groups in total. The van der Waals surface area contributed by atoms with Crippen molar-refractivity contribution in [2.75, 3.05) is 13.1 Å². The molecule has 3 aromatic rings. The molecule has 6 heteroatoms. The standard InChI is InChI=1S/C21H22ClFN2O2/c22-17-3-1-16(2-4-17)14-24-10-7-15(8-11-24)9-12-25-21(26)19-6-5-18(23)13-20(19)27-25/h1-6,13,15H,7-12,14H2. The second kappa shape index (κ2) is 7.87. The van der Waals surface area contributed by atoms with E-state index in [1.165, 1.54) is 28.5 Å². The van der Waals surface area contributed by atoms with Gasteiger partial charge in [-0.05, 0) is 68.1 Å². The van der Waals surface area contributed by atoms with Crippen LogP contribution in [-0.4, -0.2) is 22.7 Å². The highest BCUT2D eigenvalue weighted by Gasteiger charge is 2.20. The minimum Gasteiger partial charge on any atom is -0.376 e. The molecule has 4 rings (SSSR count). The lowest BCUT2D eigenvalue weighted by molar-refractivity contribution is 0.159. The summed E-state index contributed by atoms with van der Waals surface area (Å²) in [5, 5.41) is 1.20. The fraction of sp³-hybridized carbons (Fsp3) is 0.381. The Kier molecular flexibility index (Phi) is 5.32. The number of hydrogen-bond acceptors (Lipinski definition) is 3. The predicted molar refractivity (Wildman–Crippen MR) is 105 cm³/mol. The highest BCUT2D eigenvalue weighted by molar-refractivity contribution is 6.30. The number of aromatic nitrogens is 1. The van der Waals surface area contributed by atoms with Crippen LogP contribution in [-0.2, 0) is 13.1 Å². The van der Waals surface area contributed by atoms with Gasteiger partial charge in [0.2, 0.25) is 0 Å². The van der Waals surface area contributed by atoms with Crippen molar-refractivity contribution < 1.29 is 8.91 Å². The van der Waals surface area contributed by atoms with Gasteiger partial charge < -0.3 is 4.52 Å². The number of piperidine rings is 1. The first-order valence-electron chi connectivity index (χ1n) is 9.35. The van der Waals surface area contributed by atoms with Gasteiger partial charge in [-0.2, -0.15) is 4.74 Å². The van der Waals surface area contributed by atoms with E-state index < -0.39 is 5.82 Å². The molecule has 1 aromatic heterocycles. The third kappa shape index (κ3) is 4.25. The summed E-state index contributed by atoms with van der Waals surface area (Å²) >= 11 is 5.94. The highest BCUT2D eigenvalue weighted by atomic mass is 35.5. The Morgan fingerprint density at radius 3 is 2.59 bits per heavy atom. The Bertz CT molecular complexity index is 972. The van der Waals surface area contributed by atoms with Crippen molar-refractivity contribution in [2.24, 2.45) is 5.92 Å². The third-order valence-electron chi connectivity index (χ3n) is 5.38. The molecule has 0 unspecified atom stereocenters. The van der Waals surface area contributed by atoms with Crippen molar-refractivity contribution in [1.82, 2.24) is 9.64 Å². The molecule has 2 aromatic carbocycles. The summed E-state index contributed by atoms with van der Waals surface area (Å²) in [5.74, 6) is 0.180. The smallest absolute Gasteiger partial charge is 0.290 e. The largest absolute Gasteiger partial charge is 0.376 e. The van der Waals surface area contributed by atoms with Gasteiger partial charge in [0.05, 0.1) is 11.9 Å². The average molecular weight is 389 g/mol. The van der Waals surface area contributed by atoms with Crippen molar-refractivity contribution in [1.29, 1.82) is 0 Å². The van der Waals surface area contributed by atoms with Crippen LogP contribution in [0.5, 0.6) is 0 Å². The maximum absolute atomic E-state index is 13.3. The Morgan fingerprint density at radius 2 is 1.85 bits per heavy atom. The first-order valence-corrected chi connectivity index (χ1v) is 9.72. The maximum Gasteiger partial charge on any atom is 0.290 e. The van der Waals surface area contributed by atoms with Gasteiger partial charge in [0, 0.05) is 17.6 Å². The molecule has 2 heterocycles. The molecular formula is C21H22ClFN2O2. The van der Waals surface area contributed by atoms with Gasteiger partial charge in [-0.25, -0.2) is 4.39 Å². The molecule has 27 heavy (non-hydrogen) atoms. The lowest BCUT2D eigenvalue weighted by Gasteiger charge is -2.31. The Labute approximate surface area is 162 Å². The second-order valence-corrected chi connectivity index (χ2v) is 7.71. The Morgan fingerprint density at radius 1 is 1.11 bits per heavy atom. The predicted octanol–water partition coefficient (Wildman–Crippen LogP) is 4.69. The Hall–Kier alpha value is -2.11. The third-order valence-corrected chi connectivity index (χ3v) is 5.63. The molecular weight excluding hydrogens is 367 g/mol. The van der Waals surface area contributed by atoms with Crippen LogP contribution in [0, 0.1) is 11.7 Å². The number of nitrogens with zero attached hydrogens (tertiary/aromatic N) is 2. The maximum atomic E-state index is 13.3. The summed E-state index contributed by atoms with van der Waals surface area (Å²) in [7, 11) is 0. The van der Waals surface area contributed by atoms with Crippen LogP contribution in [0.4, 0.5) is 4.39 Å². The number of benzene rings is 2. The van der Waals surface area contributed by atoms with Crippen LogP contribution in [0.3, 0.4) is 0 Å². The molecule has 0 bridgehead atoms. The topological polar surface area (TPSA) is 38.4 Å². The molecule has 0 spiro atoms. The molecule has 142 valence electrons. The summed E-state index contributed by atoms with van der Waals surface area (Å²) in [6, 6.07) is 12.1. The molecule has 0 radical (unpaired) electrons. The number of aryl methyl sites for hydroxylation is 1. The zero-order valence-corrected chi connectivity index (χ0v) is 15.8. The van der Waals surface area contributed by atoms with Crippen LogP contribution in [0.15, 0.2) is 51.8 Å². The number of likely N-dealkylation sites (tertiary alicyclic amines) is 1. The summed E-state index contributed by atoms with van der Waals surface area (Å²) in [6.07, 6.45) is 3.12. The van der Waals surface area contributed by atoms with Crippen LogP contribution in [0.25, 0.3) is 11.0 Å². The van der Waals surface area contributed by atoms with E-state index in [2.05, 4.69) is 17.0 Å². The normalized spacial score (nSPS) is 16.2. The SMILES string of the molecule is O=c1c2ccc(F)cc2on1CCC1CCN(Cc2ccc(Cl)cc2)CC1.